The summed E-state index contributed by atoms with van der Waals surface area (Å²) in [6, 6.07) is 3.72. The highest BCUT2D eigenvalue weighted by molar-refractivity contribution is 5.80. The van der Waals surface area contributed by atoms with Gasteiger partial charge in [0, 0.05) is 31.0 Å². The van der Waals surface area contributed by atoms with E-state index < -0.39 is 11.4 Å². The van der Waals surface area contributed by atoms with Crippen LogP contribution >= 0.6 is 0 Å². The fourth-order valence-electron chi connectivity index (χ4n) is 4.11. The van der Waals surface area contributed by atoms with Crippen molar-refractivity contribution in [2.24, 2.45) is 11.3 Å². The number of carboxylic acid groups (broad SMARTS) is 1. The highest BCUT2D eigenvalue weighted by Crippen LogP contribution is 2.48. The summed E-state index contributed by atoms with van der Waals surface area (Å²) in [4.78, 5) is 30.0. The molecule has 6 heteroatoms. The van der Waals surface area contributed by atoms with E-state index in [2.05, 4.69) is 10.3 Å². The number of pyridine rings is 1. The minimum atomic E-state index is -0.754. The number of aryl methyl sites for hydroxylation is 2. The molecule has 2 amide bonds. The number of rotatable bonds is 3. The van der Waals surface area contributed by atoms with E-state index in [1.54, 1.807) is 4.90 Å². The maximum absolute atomic E-state index is 12.4. The lowest BCUT2D eigenvalue weighted by molar-refractivity contribution is -0.149. The van der Waals surface area contributed by atoms with Crippen LogP contribution in [0.25, 0.3) is 0 Å². The van der Waals surface area contributed by atoms with Crippen molar-refractivity contribution < 1.29 is 14.7 Å². The van der Waals surface area contributed by atoms with E-state index in [0.717, 1.165) is 29.8 Å². The third kappa shape index (κ3) is 2.90. The van der Waals surface area contributed by atoms with Crippen LogP contribution in [0.15, 0.2) is 12.1 Å². The van der Waals surface area contributed by atoms with Crippen molar-refractivity contribution in [1.82, 2.24) is 15.2 Å². The van der Waals surface area contributed by atoms with Gasteiger partial charge in [0.15, 0.2) is 0 Å². The number of carbonyl (C=O) groups excluding carboxylic acids is 1. The molecule has 1 aliphatic heterocycles. The summed E-state index contributed by atoms with van der Waals surface area (Å²) in [6.07, 6.45) is 2.53. The first-order chi connectivity index (χ1) is 10.9. The molecule has 1 aliphatic carbocycles. The molecule has 3 rings (SSSR count). The normalized spacial score (nSPS) is 26.2. The molecule has 2 N–H and O–H groups in total. The smallest absolute Gasteiger partial charge is 0.317 e. The van der Waals surface area contributed by atoms with Crippen molar-refractivity contribution in [3.63, 3.8) is 0 Å². The third-order valence-electron chi connectivity index (χ3n) is 5.17. The lowest BCUT2D eigenvalue weighted by atomic mass is 9.81. The number of nitrogens with one attached hydrogen (secondary N) is 1. The molecule has 0 aromatic carbocycles. The molecule has 0 spiro atoms. The summed E-state index contributed by atoms with van der Waals surface area (Å²) in [6.45, 7) is 5.16. The maximum atomic E-state index is 12.4. The number of urea groups is 1. The molecule has 1 aromatic heterocycles. The average molecular weight is 317 g/mol. The third-order valence-corrected chi connectivity index (χ3v) is 5.17. The van der Waals surface area contributed by atoms with Crippen molar-refractivity contribution in [1.29, 1.82) is 0 Å². The van der Waals surface area contributed by atoms with E-state index in [0.29, 0.717) is 26.1 Å². The predicted molar refractivity (Wildman–Crippen MR) is 84.9 cm³/mol. The average Bonchev–Trinajstić information content (AvgIpc) is 3.01. The summed E-state index contributed by atoms with van der Waals surface area (Å²) in [5.74, 6) is -0.660. The molecule has 2 fully saturated rings. The first kappa shape index (κ1) is 15.8. The maximum Gasteiger partial charge on any atom is 0.317 e. The highest BCUT2D eigenvalue weighted by Gasteiger charge is 2.55. The minimum absolute atomic E-state index is 0.0937. The Kier molecular flexibility index (Phi) is 4.00. The van der Waals surface area contributed by atoms with Gasteiger partial charge in [-0.05, 0) is 50.3 Å². The van der Waals surface area contributed by atoms with Crippen LogP contribution in [-0.2, 0) is 11.3 Å². The largest absolute Gasteiger partial charge is 0.481 e. The van der Waals surface area contributed by atoms with Gasteiger partial charge < -0.3 is 15.3 Å². The Balaban J connectivity index is 1.62. The van der Waals surface area contributed by atoms with Gasteiger partial charge in [0.25, 0.3) is 0 Å². The Bertz CT molecular complexity index is 626. The molecular formula is C17H23N3O3. The van der Waals surface area contributed by atoms with E-state index in [1.165, 1.54) is 0 Å². The molecule has 1 saturated carbocycles. The van der Waals surface area contributed by atoms with E-state index in [9.17, 15) is 14.7 Å². The van der Waals surface area contributed by atoms with Gasteiger partial charge in [0.1, 0.15) is 0 Å². The number of aliphatic carboxylic acids is 1. The lowest BCUT2D eigenvalue weighted by Crippen LogP contribution is -2.41. The standard InChI is InChI=1S/C17H23N3O3/c1-11-6-13(7-12(2)19-11)8-18-16(23)20-9-14-4-3-5-17(14,10-20)15(21)22/h6-7,14H,3-5,8-10H2,1-2H3,(H,18,23)(H,21,22)/t14-,17+/m0/s1. The van der Waals surface area contributed by atoms with Gasteiger partial charge in [-0.1, -0.05) is 6.42 Å². The summed E-state index contributed by atoms with van der Waals surface area (Å²) in [7, 11) is 0. The number of fused-ring (bicyclic) bond motifs is 1. The topological polar surface area (TPSA) is 82.5 Å². The Morgan fingerprint density at radius 2 is 2.09 bits per heavy atom. The summed E-state index contributed by atoms with van der Waals surface area (Å²) < 4.78 is 0. The van der Waals surface area contributed by atoms with Crippen LogP contribution in [0.4, 0.5) is 4.79 Å². The number of hydrogen-bond acceptors (Lipinski definition) is 3. The molecular weight excluding hydrogens is 294 g/mol. The van der Waals surface area contributed by atoms with E-state index in [1.807, 2.05) is 26.0 Å². The quantitative estimate of drug-likeness (QED) is 0.894. The molecule has 23 heavy (non-hydrogen) atoms. The minimum Gasteiger partial charge on any atom is -0.481 e. The number of carbonyl (C=O) groups is 2. The van der Waals surface area contributed by atoms with E-state index >= 15 is 0 Å². The molecule has 6 nitrogen and oxygen atoms in total. The molecule has 124 valence electrons. The fourth-order valence-corrected chi connectivity index (χ4v) is 4.11. The summed E-state index contributed by atoms with van der Waals surface area (Å²) in [5, 5.41) is 12.5. The van der Waals surface area contributed by atoms with Gasteiger partial charge in [-0.3, -0.25) is 9.78 Å². The lowest BCUT2D eigenvalue weighted by Gasteiger charge is -2.23. The number of hydrogen-bond donors (Lipinski definition) is 2. The zero-order valence-corrected chi connectivity index (χ0v) is 13.6. The SMILES string of the molecule is Cc1cc(CNC(=O)N2C[C@@H]3CCC[C@@]3(C(=O)O)C2)cc(C)n1. The van der Waals surface area contributed by atoms with Crippen LogP contribution in [0.2, 0.25) is 0 Å². The van der Waals surface area contributed by atoms with Crippen LogP contribution in [0.3, 0.4) is 0 Å². The predicted octanol–water partition coefficient (Wildman–Crippen LogP) is 2.09. The Hall–Kier alpha value is -2.11. The first-order valence-corrected chi connectivity index (χ1v) is 8.11. The molecule has 1 aromatic rings. The van der Waals surface area contributed by atoms with E-state index in [-0.39, 0.29) is 11.9 Å². The fraction of sp³-hybridized carbons (Fsp3) is 0.588. The van der Waals surface area contributed by atoms with Gasteiger partial charge in [0.2, 0.25) is 0 Å². The first-order valence-electron chi connectivity index (χ1n) is 8.11. The molecule has 0 unspecified atom stereocenters. The Morgan fingerprint density at radius 3 is 2.70 bits per heavy atom. The monoisotopic (exact) mass is 317 g/mol. The van der Waals surface area contributed by atoms with Crippen LogP contribution in [0, 0.1) is 25.2 Å². The van der Waals surface area contributed by atoms with Gasteiger partial charge in [0.05, 0.1) is 5.41 Å². The summed E-state index contributed by atoms with van der Waals surface area (Å²) in [5.41, 5.74) is 2.14. The van der Waals surface area contributed by atoms with Crippen molar-refractivity contribution >= 4 is 12.0 Å². The zero-order valence-electron chi connectivity index (χ0n) is 13.6. The number of carboxylic acids is 1. The second-order valence-electron chi connectivity index (χ2n) is 6.85. The number of likely N-dealkylation sites (tertiary alicyclic amines) is 1. The molecule has 2 aliphatic rings. The molecule has 0 radical (unpaired) electrons. The van der Waals surface area contributed by atoms with Gasteiger partial charge in [-0.15, -0.1) is 0 Å². The van der Waals surface area contributed by atoms with Crippen LogP contribution in [0.5, 0.6) is 0 Å². The van der Waals surface area contributed by atoms with Gasteiger partial charge in [-0.25, -0.2) is 4.79 Å². The summed E-state index contributed by atoms with van der Waals surface area (Å²) >= 11 is 0. The second-order valence-corrected chi connectivity index (χ2v) is 6.85. The zero-order chi connectivity index (χ0) is 16.6. The van der Waals surface area contributed by atoms with Crippen LogP contribution in [0.1, 0.15) is 36.2 Å². The van der Waals surface area contributed by atoms with Crippen molar-refractivity contribution in [2.45, 2.75) is 39.7 Å². The van der Waals surface area contributed by atoms with Crippen LogP contribution < -0.4 is 5.32 Å². The molecule has 0 bridgehead atoms. The molecule has 2 heterocycles. The Morgan fingerprint density at radius 1 is 1.39 bits per heavy atom. The number of nitrogens with zero attached hydrogens (tertiary/aromatic N) is 2. The van der Waals surface area contributed by atoms with Gasteiger partial charge >= 0.3 is 12.0 Å². The second kappa shape index (κ2) is 5.83. The number of amides is 2. The van der Waals surface area contributed by atoms with Crippen molar-refractivity contribution in [3.8, 4) is 0 Å². The van der Waals surface area contributed by atoms with E-state index in [4.69, 9.17) is 0 Å². The van der Waals surface area contributed by atoms with Crippen LogP contribution in [-0.4, -0.2) is 40.1 Å². The molecule has 1 saturated heterocycles. The number of aromatic nitrogens is 1. The molecule has 2 atom stereocenters. The van der Waals surface area contributed by atoms with Crippen molar-refractivity contribution in [3.05, 3.63) is 29.1 Å². The van der Waals surface area contributed by atoms with Gasteiger partial charge in [-0.2, -0.15) is 0 Å². The van der Waals surface area contributed by atoms with Crippen molar-refractivity contribution in [2.75, 3.05) is 13.1 Å². The highest BCUT2D eigenvalue weighted by atomic mass is 16.4. The Labute approximate surface area is 135 Å².